The van der Waals surface area contributed by atoms with Gasteiger partial charge < -0.3 is 24.6 Å². The fourth-order valence-electron chi connectivity index (χ4n) is 3.46. The lowest BCUT2D eigenvalue weighted by molar-refractivity contribution is -0.0857. The van der Waals surface area contributed by atoms with Crippen LogP contribution in [0.25, 0.3) is 0 Å². The molecule has 0 atom stereocenters. The summed E-state index contributed by atoms with van der Waals surface area (Å²) in [6.45, 7) is 6.04. The lowest BCUT2D eigenvalue weighted by Crippen LogP contribution is -2.56. The van der Waals surface area contributed by atoms with E-state index in [1.54, 1.807) is 7.11 Å². The third kappa shape index (κ3) is 5.20. The number of anilines is 1. The van der Waals surface area contributed by atoms with Gasteiger partial charge in [-0.25, -0.2) is 4.98 Å². The number of nitrogens with zero attached hydrogens (tertiary/aromatic N) is 4. The lowest BCUT2D eigenvalue weighted by atomic mass is 9.94. The summed E-state index contributed by atoms with van der Waals surface area (Å²) in [6, 6.07) is 6.05. The van der Waals surface area contributed by atoms with Gasteiger partial charge in [-0.1, -0.05) is 6.07 Å². The van der Waals surface area contributed by atoms with Gasteiger partial charge in [0, 0.05) is 79.1 Å². The smallest absolute Gasteiger partial charge is 0.193 e. The molecule has 3 rings (SSSR count). The highest BCUT2D eigenvalue weighted by Gasteiger charge is 2.33. The summed E-state index contributed by atoms with van der Waals surface area (Å²) in [7, 11) is 3.64. The van der Waals surface area contributed by atoms with Crippen molar-refractivity contribution in [1.29, 1.82) is 0 Å². The monoisotopic (exact) mass is 475 g/mol. The molecule has 3 heterocycles. The molecule has 146 valence electrons. The van der Waals surface area contributed by atoms with Crippen LogP contribution in [0, 0.1) is 0 Å². The van der Waals surface area contributed by atoms with E-state index in [-0.39, 0.29) is 29.6 Å². The first-order valence-electron chi connectivity index (χ1n) is 9.01. The molecule has 2 aliphatic rings. The minimum absolute atomic E-state index is 0. The number of pyridine rings is 1. The number of guanidine groups is 1. The van der Waals surface area contributed by atoms with E-state index >= 15 is 0 Å². The van der Waals surface area contributed by atoms with Gasteiger partial charge in [0.2, 0.25) is 0 Å². The number of methoxy groups -OCH3 is 1. The molecule has 2 fully saturated rings. The first-order valence-corrected chi connectivity index (χ1v) is 9.01. The van der Waals surface area contributed by atoms with E-state index in [0.29, 0.717) is 0 Å². The molecular formula is C18H30IN5O2. The standard InChI is InChI=1S/C18H29N5O2.HI/c1-19-17(21-15-18(24-2)6-13-25-14-7-18)23-11-9-22(10-12-23)16-5-3-4-8-20-16;/h3-5,8H,6-7,9-15H2,1-2H3,(H,19,21);1H. The van der Waals surface area contributed by atoms with E-state index < -0.39 is 0 Å². The number of piperazine rings is 1. The summed E-state index contributed by atoms with van der Waals surface area (Å²) < 4.78 is 11.3. The summed E-state index contributed by atoms with van der Waals surface area (Å²) in [6.07, 6.45) is 3.68. The predicted octanol–water partition coefficient (Wildman–Crippen LogP) is 1.59. The minimum Gasteiger partial charge on any atom is -0.381 e. The Morgan fingerprint density at radius 2 is 2.00 bits per heavy atom. The Morgan fingerprint density at radius 3 is 2.58 bits per heavy atom. The van der Waals surface area contributed by atoms with Crippen LogP contribution in [0.2, 0.25) is 0 Å². The molecule has 0 unspecified atom stereocenters. The minimum atomic E-state index is -0.149. The summed E-state index contributed by atoms with van der Waals surface area (Å²) >= 11 is 0. The van der Waals surface area contributed by atoms with Crippen LogP contribution in [0.15, 0.2) is 29.4 Å². The molecule has 2 aliphatic heterocycles. The van der Waals surface area contributed by atoms with E-state index in [4.69, 9.17) is 9.47 Å². The lowest BCUT2D eigenvalue weighted by Gasteiger charge is -2.40. The van der Waals surface area contributed by atoms with Gasteiger partial charge in [0.05, 0.1) is 5.60 Å². The van der Waals surface area contributed by atoms with Gasteiger partial charge in [0.15, 0.2) is 5.96 Å². The van der Waals surface area contributed by atoms with Gasteiger partial charge in [0.25, 0.3) is 0 Å². The van der Waals surface area contributed by atoms with Crippen molar-refractivity contribution >= 4 is 35.8 Å². The molecule has 0 aromatic carbocycles. The van der Waals surface area contributed by atoms with E-state index in [9.17, 15) is 0 Å². The summed E-state index contributed by atoms with van der Waals surface area (Å²) in [5.74, 6) is 1.99. The maximum atomic E-state index is 5.80. The molecule has 0 radical (unpaired) electrons. The van der Waals surface area contributed by atoms with Crippen LogP contribution in [0.3, 0.4) is 0 Å². The highest BCUT2D eigenvalue weighted by molar-refractivity contribution is 14.0. The second-order valence-corrected chi connectivity index (χ2v) is 6.56. The number of ether oxygens (including phenoxy) is 2. The maximum Gasteiger partial charge on any atom is 0.193 e. The van der Waals surface area contributed by atoms with Crippen molar-refractivity contribution in [3.63, 3.8) is 0 Å². The first-order chi connectivity index (χ1) is 12.3. The Bertz CT molecular complexity index is 558. The summed E-state index contributed by atoms with van der Waals surface area (Å²) in [4.78, 5) is 13.5. The molecule has 0 saturated carbocycles. The van der Waals surface area contributed by atoms with Crippen LogP contribution in [-0.2, 0) is 9.47 Å². The Morgan fingerprint density at radius 1 is 1.27 bits per heavy atom. The van der Waals surface area contributed by atoms with Crippen LogP contribution in [0.5, 0.6) is 0 Å². The van der Waals surface area contributed by atoms with Crippen molar-refractivity contribution in [1.82, 2.24) is 15.2 Å². The van der Waals surface area contributed by atoms with E-state index in [2.05, 4.69) is 31.2 Å². The molecule has 1 N–H and O–H groups in total. The van der Waals surface area contributed by atoms with Crippen molar-refractivity contribution in [2.24, 2.45) is 4.99 Å². The number of aromatic nitrogens is 1. The number of nitrogens with one attached hydrogen (secondary N) is 1. The van der Waals surface area contributed by atoms with Crippen molar-refractivity contribution in [3.05, 3.63) is 24.4 Å². The highest BCUT2D eigenvalue weighted by Crippen LogP contribution is 2.23. The van der Waals surface area contributed by atoms with Gasteiger partial charge in [-0.2, -0.15) is 0 Å². The highest BCUT2D eigenvalue weighted by atomic mass is 127. The zero-order valence-electron chi connectivity index (χ0n) is 15.7. The Kier molecular flexibility index (Phi) is 8.36. The fourth-order valence-corrected chi connectivity index (χ4v) is 3.46. The summed E-state index contributed by atoms with van der Waals surface area (Å²) in [5.41, 5.74) is -0.149. The van der Waals surface area contributed by atoms with Gasteiger partial charge in [-0.05, 0) is 12.1 Å². The number of hydrogen-bond acceptors (Lipinski definition) is 5. The molecule has 0 bridgehead atoms. The zero-order valence-corrected chi connectivity index (χ0v) is 18.0. The second-order valence-electron chi connectivity index (χ2n) is 6.56. The molecule has 0 amide bonds. The molecule has 7 nitrogen and oxygen atoms in total. The SMILES string of the molecule is CN=C(NCC1(OC)CCOCC1)N1CCN(c2ccccn2)CC1.I. The first kappa shape index (κ1) is 21.2. The zero-order chi connectivity index (χ0) is 17.5. The maximum absolute atomic E-state index is 5.80. The average molecular weight is 475 g/mol. The topological polar surface area (TPSA) is 62.2 Å². The van der Waals surface area contributed by atoms with Crippen LogP contribution < -0.4 is 10.2 Å². The molecular weight excluding hydrogens is 445 g/mol. The van der Waals surface area contributed by atoms with Gasteiger partial charge in [-0.3, -0.25) is 4.99 Å². The largest absolute Gasteiger partial charge is 0.381 e. The molecule has 8 heteroatoms. The van der Waals surface area contributed by atoms with Gasteiger partial charge >= 0.3 is 0 Å². The normalized spacial score (nSPS) is 20.5. The number of rotatable bonds is 4. The van der Waals surface area contributed by atoms with E-state index in [1.165, 1.54) is 0 Å². The van der Waals surface area contributed by atoms with E-state index in [0.717, 1.165) is 70.6 Å². The third-order valence-electron chi connectivity index (χ3n) is 5.17. The Balaban J connectivity index is 0.00000243. The number of aliphatic imine (C=N–C) groups is 1. The van der Waals surface area contributed by atoms with Crippen LogP contribution >= 0.6 is 24.0 Å². The van der Waals surface area contributed by atoms with Crippen molar-refractivity contribution in [2.75, 3.05) is 65.0 Å². The van der Waals surface area contributed by atoms with Crippen molar-refractivity contribution in [2.45, 2.75) is 18.4 Å². The predicted molar refractivity (Wildman–Crippen MR) is 115 cm³/mol. The second kappa shape index (κ2) is 10.3. The van der Waals surface area contributed by atoms with Crippen molar-refractivity contribution in [3.8, 4) is 0 Å². The van der Waals surface area contributed by atoms with Crippen molar-refractivity contribution < 1.29 is 9.47 Å². The van der Waals surface area contributed by atoms with Gasteiger partial charge in [-0.15, -0.1) is 24.0 Å². The number of hydrogen-bond donors (Lipinski definition) is 1. The van der Waals surface area contributed by atoms with Crippen LogP contribution in [-0.4, -0.2) is 81.5 Å². The molecule has 0 spiro atoms. The third-order valence-corrected chi connectivity index (χ3v) is 5.17. The summed E-state index contributed by atoms with van der Waals surface area (Å²) in [5, 5.41) is 3.52. The molecule has 26 heavy (non-hydrogen) atoms. The molecule has 0 aliphatic carbocycles. The average Bonchev–Trinajstić information content (AvgIpc) is 2.70. The number of halogens is 1. The van der Waals surface area contributed by atoms with Gasteiger partial charge in [0.1, 0.15) is 5.82 Å². The quantitative estimate of drug-likeness (QED) is 0.406. The van der Waals surface area contributed by atoms with E-state index in [1.807, 2.05) is 25.4 Å². The fraction of sp³-hybridized carbons (Fsp3) is 0.667. The van der Waals surface area contributed by atoms with Crippen LogP contribution in [0.1, 0.15) is 12.8 Å². The molecule has 1 aromatic heterocycles. The van der Waals surface area contributed by atoms with Crippen LogP contribution in [0.4, 0.5) is 5.82 Å². The Labute approximate surface area is 173 Å². The Hall–Kier alpha value is -1.13. The molecule has 1 aromatic rings. The molecule has 2 saturated heterocycles.